The highest BCUT2D eigenvalue weighted by Crippen LogP contribution is 2.16. The van der Waals surface area contributed by atoms with E-state index in [1.165, 1.54) is 30.6 Å². The maximum absolute atomic E-state index is 7.70. The Morgan fingerprint density at radius 3 is 3.20 bits per heavy atom. The number of aryl methyl sites for hydroxylation is 1. The molecule has 1 aromatic rings. The number of hydrogen-bond donors (Lipinski definition) is 2. The minimum atomic E-state index is 0.530. The average Bonchev–Trinajstić information content (AvgIpc) is 2.65. The Labute approximate surface area is 95.2 Å². The van der Waals surface area contributed by atoms with Crippen molar-refractivity contribution in [2.24, 2.45) is 0 Å². The third-order valence-electron chi connectivity index (χ3n) is 2.93. The zero-order valence-electron chi connectivity index (χ0n) is 8.96. The standard InChI is InChI=1S/C12H18N2S/c13-12-6-2-1-4-10(14-12)7-8-11-5-3-9-15-11/h3,5,9-10H,1-2,4,6-8H2,(H2,13,14). The first-order chi connectivity index (χ1) is 7.34. The third kappa shape index (κ3) is 3.34. The predicted octanol–water partition coefficient (Wildman–Crippen LogP) is 3.19. The Morgan fingerprint density at radius 2 is 2.40 bits per heavy atom. The van der Waals surface area contributed by atoms with Crippen molar-refractivity contribution in [1.29, 1.82) is 5.41 Å². The molecule has 3 heteroatoms. The SMILES string of the molecule is N=C1CCCCC(CCc2cccs2)N1. The summed E-state index contributed by atoms with van der Waals surface area (Å²) in [7, 11) is 0. The van der Waals surface area contributed by atoms with Crippen molar-refractivity contribution in [2.75, 3.05) is 0 Å². The summed E-state index contributed by atoms with van der Waals surface area (Å²) < 4.78 is 0. The molecule has 0 saturated carbocycles. The van der Waals surface area contributed by atoms with Crippen LogP contribution < -0.4 is 5.32 Å². The van der Waals surface area contributed by atoms with Crippen LogP contribution in [-0.4, -0.2) is 11.9 Å². The van der Waals surface area contributed by atoms with E-state index < -0.39 is 0 Å². The van der Waals surface area contributed by atoms with E-state index in [0.29, 0.717) is 6.04 Å². The summed E-state index contributed by atoms with van der Waals surface area (Å²) in [5.74, 6) is 0.740. The lowest BCUT2D eigenvalue weighted by atomic mass is 10.1. The second-order valence-corrected chi connectivity index (χ2v) is 5.22. The summed E-state index contributed by atoms with van der Waals surface area (Å²) in [4.78, 5) is 1.47. The van der Waals surface area contributed by atoms with Crippen LogP contribution in [0.2, 0.25) is 0 Å². The average molecular weight is 222 g/mol. The fourth-order valence-corrected chi connectivity index (χ4v) is 2.80. The third-order valence-corrected chi connectivity index (χ3v) is 3.86. The van der Waals surface area contributed by atoms with Crippen LogP contribution in [0.3, 0.4) is 0 Å². The van der Waals surface area contributed by atoms with Gasteiger partial charge < -0.3 is 5.32 Å². The van der Waals surface area contributed by atoms with Gasteiger partial charge in [-0.2, -0.15) is 0 Å². The van der Waals surface area contributed by atoms with Gasteiger partial charge in [-0.15, -0.1) is 11.3 Å². The molecule has 0 bridgehead atoms. The second-order valence-electron chi connectivity index (χ2n) is 4.18. The van der Waals surface area contributed by atoms with Crippen LogP contribution >= 0.6 is 11.3 Å². The number of hydrogen-bond acceptors (Lipinski definition) is 2. The molecule has 2 nitrogen and oxygen atoms in total. The van der Waals surface area contributed by atoms with Crippen molar-refractivity contribution in [2.45, 2.75) is 44.6 Å². The monoisotopic (exact) mass is 222 g/mol. The topological polar surface area (TPSA) is 35.9 Å². The van der Waals surface area contributed by atoms with E-state index in [1.807, 2.05) is 11.3 Å². The van der Waals surface area contributed by atoms with Gasteiger partial charge in [0.25, 0.3) is 0 Å². The second kappa shape index (κ2) is 5.31. The molecule has 1 fully saturated rings. The highest BCUT2D eigenvalue weighted by atomic mass is 32.1. The lowest BCUT2D eigenvalue weighted by Crippen LogP contribution is -2.32. The maximum atomic E-state index is 7.70. The lowest BCUT2D eigenvalue weighted by Gasteiger charge is -2.16. The molecule has 2 heterocycles. The van der Waals surface area contributed by atoms with Crippen LogP contribution in [0.4, 0.5) is 0 Å². The van der Waals surface area contributed by atoms with Crippen LogP contribution in [0.1, 0.15) is 37.0 Å². The maximum Gasteiger partial charge on any atom is 0.0933 e. The van der Waals surface area contributed by atoms with Crippen molar-refractivity contribution in [3.63, 3.8) is 0 Å². The fraction of sp³-hybridized carbons (Fsp3) is 0.583. The van der Waals surface area contributed by atoms with Gasteiger partial charge in [0.15, 0.2) is 0 Å². The van der Waals surface area contributed by atoms with Gasteiger partial charge >= 0.3 is 0 Å². The van der Waals surface area contributed by atoms with Crippen LogP contribution in [0.5, 0.6) is 0 Å². The van der Waals surface area contributed by atoms with Gasteiger partial charge in [0, 0.05) is 17.3 Å². The zero-order chi connectivity index (χ0) is 10.5. The molecule has 1 unspecified atom stereocenters. The minimum absolute atomic E-state index is 0.530. The predicted molar refractivity (Wildman–Crippen MR) is 65.8 cm³/mol. The zero-order valence-corrected chi connectivity index (χ0v) is 9.78. The molecule has 1 atom stereocenters. The van der Waals surface area contributed by atoms with E-state index >= 15 is 0 Å². The van der Waals surface area contributed by atoms with Crippen molar-refractivity contribution >= 4 is 17.2 Å². The molecule has 0 radical (unpaired) electrons. The molecule has 0 spiro atoms. The highest BCUT2D eigenvalue weighted by Gasteiger charge is 2.13. The van der Waals surface area contributed by atoms with Crippen molar-refractivity contribution in [3.8, 4) is 0 Å². The Kier molecular flexibility index (Phi) is 3.78. The summed E-state index contributed by atoms with van der Waals surface area (Å²) in [5, 5.41) is 13.2. The first kappa shape index (κ1) is 10.7. The van der Waals surface area contributed by atoms with Crippen LogP contribution in [0, 0.1) is 5.41 Å². The number of rotatable bonds is 3. The van der Waals surface area contributed by atoms with E-state index in [1.54, 1.807) is 0 Å². The van der Waals surface area contributed by atoms with E-state index in [4.69, 9.17) is 5.41 Å². The molecule has 1 saturated heterocycles. The molecule has 82 valence electrons. The molecular weight excluding hydrogens is 204 g/mol. The molecule has 0 aliphatic carbocycles. The first-order valence-electron chi connectivity index (χ1n) is 5.71. The van der Waals surface area contributed by atoms with E-state index in [-0.39, 0.29) is 0 Å². The molecule has 1 aromatic heterocycles. The molecule has 1 aliphatic rings. The Balaban J connectivity index is 1.80. The molecule has 2 N–H and O–H groups in total. The van der Waals surface area contributed by atoms with E-state index in [2.05, 4.69) is 22.8 Å². The number of thiophene rings is 1. The van der Waals surface area contributed by atoms with Crippen molar-refractivity contribution < 1.29 is 0 Å². The quantitative estimate of drug-likeness (QED) is 0.809. The first-order valence-corrected chi connectivity index (χ1v) is 6.59. The molecule has 0 amide bonds. The summed E-state index contributed by atoms with van der Waals surface area (Å²) in [5.41, 5.74) is 0. The minimum Gasteiger partial charge on any atom is -0.371 e. The van der Waals surface area contributed by atoms with Gasteiger partial charge in [-0.3, -0.25) is 5.41 Å². The molecule has 15 heavy (non-hydrogen) atoms. The largest absolute Gasteiger partial charge is 0.371 e. The smallest absolute Gasteiger partial charge is 0.0933 e. The summed E-state index contributed by atoms with van der Waals surface area (Å²) >= 11 is 1.84. The lowest BCUT2D eigenvalue weighted by molar-refractivity contribution is 0.518. The van der Waals surface area contributed by atoms with Gasteiger partial charge in [0.05, 0.1) is 5.84 Å². The Bertz CT molecular complexity index is 305. The van der Waals surface area contributed by atoms with E-state index in [0.717, 1.165) is 18.7 Å². The molecule has 1 aliphatic heterocycles. The molecular formula is C12H18N2S. The molecule has 0 aromatic carbocycles. The van der Waals surface area contributed by atoms with Gasteiger partial charge in [-0.25, -0.2) is 0 Å². The Hall–Kier alpha value is -0.830. The van der Waals surface area contributed by atoms with Crippen molar-refractivity contribution in [3.05, 3.63) is 22.4 Å². The van der Waals surface area contributed by atoms with Crippen LogP contribution in [0.25, 0.3) is 0 Å². The van der Waals surface area contributed by atoms with Crippen molar-refractivity contribution in [1.82, 2.24) is 5.32 Å². The summed E-state index contributed by atoms with van der Waals surface area (Å²) in [6, 6.07) is 4.84. The van der Waals surface area contributed by atoms with Gasteiger partial charge in [-0.1, -0.05) is 12.5 Å². The summed E-state index contributed by atoms with van der Waals surface area (Å²) in [6.45, 7) is 0. The van der Waals surface area contributed by atoms with Crippen LogP contribution in [0.15, 0.2) is 17.5 Å². The number of nitrogens with one attached hydrogen (secondary N) is 2. The van der Waals surface area contributed by atoms with Gasteiger partial charge in [-0.05, 0) is 37.1 Å². The van der Waals surface area contributed by atoms with Gasteiger partial charge in [0.1, 0.15) is 0 Å². The van der Waals surface area contributed by atoms with Crippen LogP contribution in [-0.2, 0) is 6.42 Å². The highest BCUT2D eigenvalue weighted by molar-refractivity contribution is 7.09. The Morgan fingerprint density at radius 1 is 1.47 bits per heavy atom. The van der Waals surface area contributed by atoms with Gasteiger partial charge in [0.2, 0.25) is 0 Å². The number of amidine groups is 1. The van der Waals surface area contributed by atoms with E-state index in [9.17, 15) is 0 Å². The normalized spacial score (nSPS) is 22.1. The summed E-state index contributed by atoms with van der Waals surface area (Å²) in [6.07, 6.45) is 6.95. The molecule has 2 rings (SSSR count). The fourth-order valence-electron chi connectivity index (χ4n) is 2.07.